The lowest BCUT2D eigenvalue weighted by molar-refractivity contribution is 0.664. The Morgan fingerprint density at radius 3 is 2.87 bits per heavy atom. The zero-order valence-corrected chi connectivity index (χ0v) is 10.6. The minimum Gasteiger partial charge on any atom is -0.248 e. The van der Waals surface area contributed by atoms with Crippen molar-refractivity contribution in [1.82, 2.24) is 25.2 Å². The van der Waals surface area contributed by atoms with E-state index in [4.69, 9.17) is 0 Å². The SMILES string of the molecule is Cc1cnc(Sc2nnnn2C)c(Br)c1. The Morgan fingerprint density at radius 1 is 1.47 bits per heavy atom. The Hall–Kier alpha value is -0.950. The molecule has 0 aromatic carbocycles. The van der Waals surface area contributed by atoms with Crippen LogP contribution in [0.25, 0.3) is 0 Å². The standard InChI is InChI=1S/C8H8BrN5S/c1-5-3-6(9)7(10-4-5)15-8-11-12-13-14(8)2/h3-4H,1-2H3. The van der Waals surface area contributed by atoms with Gasteiger partial charge in [-0.2, -0.15) is 0 Å². The lowest BCUT2D eigenvalue weighted by atomic mass is 10.3. The van der Waals surface area contributed by atoms with Crippen molar-refractivity contribution in [1.29, 1.82) is 0 Å². The topological polar surface area (TPSA) is 56.5 Å². The molecule has 0 aliphatic carbocycles. The van der Waals surface area contributed by atoms with Crippen LogP contribution in [0.15, 0.2) is 26.9 Å². The zero-order valence-electron chi connectivity index (χ0n) is 8.18. The predicted octanol–water partition coefficient (Wildman–Crippen LogP) is 1.83. The molecule has 0 aliphatic rings. The first-order valence-electron chi connectivity index (χ1n) is 4.19. The Bertz CT molecular complexity index is 484. The lowest BCUT2D eigenvalue weighted by Crippen LogP contribution is -1.93. The Balaban J connectivity index is 2.29. The second-order valence-corrected chi connectivity index (χ2v) is 4.80. The van der Waals surface area contributed by atoms with E-state index in [0.29, 0.717) is 5.16 Å². The molecule has 15 heavy (non-hydrogen) atoms. The summed E-state index contributed by atoms with van der Waals surface area (Å²) in [5, 5.41) is 12.8. The summed E-state index contributed by atoms with van der Waals surface area (Å²) in [7, 11) is 1.80. The fraction of sp³-hybridized carbons (Fsp3) is 0.250. The van der Waals surface area contributed by atoms with Gasteiger partial charge in [-0.05, 0) is 56.7 Å². The summed E-state index contributed by atoms with van der Waals surface area (Å²) in [5.74, 6) is 0. The molecule has 5 nitrogen and oxygen atoms in total. The van der Waals surface area contributed by atoms with Crippen LogP contribution >= 0.6 is 27.7 Å². The fourth-order valence-electron chi connectivity index (χ4n) is 0.990. The predicted molar refractivity (Wildman–Crippen MR) is 59.6 cm³/mol. The number of aryl methyl sites for hydroxylation is 2. The molecule has 7 heteroatoms. The molecule has 2 aromatic rings. The fourth-order valence-corrected chi connectivity index (χ4v) is 2.38. The van der Waals surface area contributed by atoms with Crippen LogP contribution < -0.4 is 0 Å². The van der Waals surface area contributed by atoms with Gasteiger partial charge in [-0.1, -0.05) is 0 Å². The van der Waals surface area contributed by atoms with Gasteiger partial charge in [-0.3, -0.25) is 0 Å². The maximum atomic E-state index is 4.30. The number of pyridine rings is 1. The number of rotatable bonds is 2. The molecule has 78 valence electrons. The minimum atomic E-state index is 0.715. The van der Waals surface area contributed by atoms with Gasteiger partial charge in [0.15, 0.2) is 0 Å². The van der Waals surface area contributed by atoms with Crippen LogP contribution in [0, 0.1) is 6.92 Å². The quantitative estimate of drug-likeness (QED) is 0.843. The number of nitrogens with zero attached hydrogens (tertiary/aromatic N) is 5. The Morgan fingerprint density at radius 2 is 2.27 bits per heavy atom. The van der Waals surface area contributed by atoms with Crippen molar-refractivity contribution >= 4 is 27.7 Å². The number of hydrogen-bond donors (Lipinski definition) is 0. The van der Waals surface area contributed by atoms with Crippen LogP contribution in [-0.2, 0) is 7.05 Å². The van der Waals surface area contributed by atoms with Crippen molar-refractivity contribution < 1.29 is 0 Å². The highest BCUT2D eigenvalue weighted by atomic mass is 79.9. The highest BCUT2D eigenvalue weighted by Crippen LogP contribution is 2.29. The molecule has 0 radical (unpaired) electrons. The molecule has 0 atom stereocenters. The molecule has 0 spiro atoms. The summed E-state index contributed by atoms with van der Waals surface area (Å²) in [6.45, 7) is 2.00. The molecule has 0 N–H and O–H groups in total. The van der Waals surface area contributed by atoms with Gasteiger partial charge in [0.05, 0.1) is 4.47 Å². The van der Waals surface area contributed by atoms with Crippen molar-refractivity contribution in [2.75, 3.05) is 0 Å². The summed E-state index contributed by atoms with van der Waals surface area (Å²) in [5.41, 5.74) is 1.11. The molecule has 0 unspecified atom stereocenters. The van der Waals surface area contributed by atoms with Crippen molar-refractivity contribution in [3.8, 4) is 0 Å². The van der Waals surface area contributed by atoms with E-state index < -0.39 is 0 Å². The number of tetrazole rings is 1. The monoisotopic (exact) mass is 285 g/mol. The molecule has 2 aromatic heterocycles. The molecular formula is C8H8BrN5S. The van der Waals surface area contributed by atoms with Crippen molar-refractivity contribution in [3.05, 3.63) is 22.3 Å². The molecule has 0 saturated heterocycles. The molecular weight excluding hydrogens is 278 g/mol. The van der Waals surface area contributed by atoms with Crippen molar-refractivity contribution in [2.45, 2.75) is 17.1 Å². The molecule has 0 aliphatic heterocycles. The second kappa shape index (κ2) is 4.28. The summed E-state index contributed by atoms with van der Waals surface area (Å²) in [6, 6.07) is 2.01. The van der Waals surface area contributed by atoms with E-state index in [1.54, 1.807) is 11.7 Å². The van der Waals surface area contributed by atoms with Gasteiger partial charge in [0.1, 0.15) is 5.03 Å². The molecule has 0 saturated carbocycles. The first-order chi connectivity index (χ1) is 7.16. The zero-order chi connectivity index (χ0) is 10.8. The molecule has 0 amide bonds. The Labute approximate surface area is 99.4 Å². The third-order valence-electron chi connectivity index (χ3n) is 1.71. The average molecular weight is 286 g/mol. The summed E-state index contributed by atoms with van der Waals surface area (Å²) in [4.78, 5) is 4.30. The molecule has 0 bridgehead atoms. The molecule has 2 rings (SSSR count). The normalized spacial score (nSPS) is 10.6. The van der Waals surface area contributed by atoms with Crippen LogP contribution in [0.2, 0.25) is 0 Å². The summed E-state index contributed by atoms with van der Waals surface area (Å²) >= 11 is 4.88. The average Bonchev–Trinajstić information content (AvgIpc) is 2.57. The summed E-state index contributed by atoms with van der Waals surface area (Å²) in [6.07, 6.45) is 1.82. The van der Waals surface area contributed by atoms with Crippen LogP contribution in [0.5, 0.6) is 0 Å². The largest absolute Gasteiger partial charge is 0.248 e. The minimum absolute atomic E-state index is 0.715. The first kappa shape index (κ1) is 10.6. The van der Waals surface area contributed by atoms with Crippen LogP contribution in [-0.4, -0.2) is 25.2 Å². The van der Waals surface area contributed by atoms with E-state index in [1.807, 2.05) is 19.2 Å². The summed E-state index contributed by atoms with van der Waals surface area (Å²) < 4.78 is 2.56. The van der Waals surface area contributed by atoms with E-state index in [-0.39, 0.29) is 0 Å². The third-order valence-corrected chi connectivity index (χ3v) is 3.63. The van der Waals surface area contributed by atoms with Gasteiger partial charge in [0, 0.05) is 13.2 Å². The van der Waals surface area contributed by atoms with Crippen LogP contribution in [0.3, 0.4) is 0 Å². The van der Waals surface area contributed by atoms with E-state index in [0.717, 1.165) is 15.1 Å². The van der Waals surface area contributed by atoms with E-state index in [1.165, 1.54) is 11.8 Å². The number of aromatic nitrogens is 5. The molecule has 2 heterocycles. The van der Waals surface area contributed by atoms with Gasteiger partial charge in [-0.15, -0.1) is 5.10 Å². The Kier molecular flexibility index (Phi) is 3.01. The smallest absolute Gasteiger partial charge is 0.215 e. The molecule has 0 fully saturated rings. The van der Waals surface area contributed by atoms with Crippen molar-refractivity contribution in [2.24, 2.45) is 7.05 Å². The maximum absolute atomic E-state index is 4.30. The first-order valence-corrected chi connectivity index (χ1v) is 5.80. The van der Waals surface area contributed by atoms with Gasteiger partial charge in [0.2, 0.25) is 5.16 Å². The van der Waals surface area contributed by atoms with E-state index in [9.17, 15) is 0 Å². The van der Waals surface area contributed by atoms with Gasteiger partial charge in [-0.25, -0.2) is 9.67 Å². The van der Waals surface area contributed by atoms with Crippen molar-refractivity contribution in [3.63, 3.8) is 0 Å². The highest BCUT2D eigenvalue weighted by Gasteiger charge is 2.09. The number of hydrogen-bond acceptors (Lipinski definition) is 5. The van der Waals surface area contributed by atoms with Gasteiger partial charge >= 0.3 is 0 Å². The second-order valence-electron chi connectivity index (χ2n) is 2.99. The van der Waals surface area contributed by atoms with Crippen LogP contribution in [0.1, 0.15) is 5.56 Å². The lowest BCUT2D eigenvalue weighted by Gasteiger charge is -2.02. The maximum Gasteiger partial charge on any atom is 0.215 e. The van der Waals surface area contributed by atoms with E-state index >= 15 is 0 Å². The number of halogens is 1. The van der Waals surface area contributed by atoms with Gasteiger partial charge < -0.3 is 0 Å². The van der Waals surface area contributed by atoms with Gasteiger partial charge in [0.25, 0.3) is 0 Å². The highest BCUT2D eigenvalue weighted by molar-refractivity contribution is 9.10. The van der Waals surface area contributed by atoms with Crippen LogP contribution in [0.4, 0.5) is 0 Å². The van der Waals surface area contributed by atoms with E-state index in [2.05, 4.69) is 36.4 Å². The third kappa shape index (κ3) is 2.35.